The third kappa shape index (κ3) is 6.24. The number of hydrogen-bond acceptors (Lipinski definition) is 7. The average Bonchev–Trinajstić information content (AvgIpc) is 2.69. The van der Waals surface area contributed by atoms with E-state index in [2.05, 4.69) is 0 Å². The first kappa shape index (κ1) is 21.7. The Balaban J connectivity index is 2.47. The summed E-state index contributed by atoms with van der Waals surface area (Å²) in [5, 5.41) is 2.08. The molecule has 0 aromatic heterocycles. The summed E-state index contributed by atoms with van der Waals surface area (Å²) in [6, 6.07) is 18.0. The molecule has 0 N–H and O–H groups in total. The van der Waals surface area contributed by atoms with Crippen LogP contribution in [0, 0.1) is 0 Å². The number of carbonyl (C=O) groups is 4. The van der Waals surface area contributed by atoms with Crippen LogP contribution in [0.3, 0.4) is 0 Å². The van der Waals surface area contributed by atoms with Crippen molar-refractivity contribution in [3.05, 3.63) is 60.7 Å². The second-order valence-corrected chi connectivity index (χ2v) is 7.95. The molecule has 0 saturated carbocycles. The average molecular weight is 417 g/mol. The van der Waals surface area contributed by atoms with Crippen LogP contribution in [0.1, 0.15) is 13.8 Å². The zero-order valence-corrected chi connectivity index (χ0v) is 17.2. The number of nitrogens with zero attached hydrogens (tertiary/aromatic N) is 2. The van der Waals surface area contributed by atoms with Crippen molar-refractivity contribution in [2.24, 2.45) is 0 Å². The first-order valence-corrected chi connectivity index (χ1v) is 10.4. The quantitative estimate of drug-likeness (QED) is 0.638. The molecule has 0 fully saturated rings. The number of thioether (sulfide) groups is 2. The van der Waals surface area contributed by atoms with Crippen molar-refractivity contribution < 1.29 is 19.2 Å². The van der Waals surface area contributed by atoms with E-state index in [4.69, 9.17) is 0 Å². The molecule has 2 rings (SSSR count). The predicted octanol–water partition coefficient (Wildman–Crippen LogP) is 3.65. The zero-order chi connectivity index (χ0) is 20.5. The monoisotopic (exact) mass is 416 g/mol. The second kappa shape index (κ2) is 10.7. The van der Waals surface area contributed by atoms with Gasteiger partial charge in [0.25, 0.3) is 11.8 Å². The van der Waals surface area contributed by atoms with E-state index in [0.29, 0.717) is 11.4 Å². The third-order valence-electron chi connectivity index (χ3n) is 3.47. The van der Waals surface area contributed by atoms with Crippen LogP contribution in [0.2, 0.25) is 0 Å². The lowest BCUT2D eigenvalue weighted by atomic mass is 10.2. The predicted molar refractivity (Wildman–Crippen MR) is 113 cm³/mol. The molecule has 0 saturated heterocycles. The van der Waals surface area contributed by atoms with Gasteiger partial charge in [0, 0.05) is 13.8 Å². The normalized spacial score (nSPS) is 10.2. The molecule has 146 valence electrons. The molecule has 6 nitrogen and oxygen atoms in total. The topological polar surface area (TPSA) is 74.8 Å². The molecule has 0 aliphatic heterocycles. The summed E-state index contributed by atoms with van der Waals surface area (Å²) in [5.74, 6) is -1.44. The Hall–Kier alpha value is -2.58. The molecule has 8 heteroatoms. The van der Waals surface area contributed by atoms with E-state index in [1.54, 1.807) is 48.5 Å². The van der Waals surface area contributed by atoms with E-state index in [-0.39, 0.29) is 21.7 Å². The molecule has 0 atom stereocenters. The van der Waals surface area contributed by atoms with Gasteiger partial charge >= 0.3 is 0 Å². The highest BCUT2D eigenvalue weighted by Crippen LogP contribution is 2.28. The molecule has 0 unspecified atom stereocenters. The van der Waals surface area contributed by atoms with Crippen molar-refractivity contribution >= 4 is 56.9 Å². The SMILES string of the molecule is CC(=O)SCC(=O)N(C(=O)CSC(C)=O)N(c1ccccc1)c1ccccc1. The van der Waals surface area contributed by atoms with Crippen molar-refractivity contribution in [1.82, 2.24) is 5.01 Å². The minimum Gasteiger partial charge on any atom is -0.288 e. The minimum absolute atomic E-state index is 0.179. The number of hydrogen-bond donors (Lipinski definition) is 0. The summed E-state index contributed by atoms with van der Waals surface area (Å²) in [6.45, 7) is 2.73. The zero-order valence-electron chi connectivity index (χ0n) is 15.5. The summed E-state index contributed by atoms with van der Waals surface area (Å²) in [6.07, 6.45) is 0. The number of carbonyl (C=O) groups excluding carboxylic acids is 4. The molecule has 2 amide bonds. The van der Waals surface area contributed by atoms with Crippen molar-refractivity contribution in [3.8, 4) is 0 Å². The summed E-state index contributed by atoms with van der Waals surface area (Å²) in [7, 11) is 0. The summed E-state index contributed by atoms with van der Waals surface area (Å²) < 4.78 is 0. The van der Waals surface area contributed by atoms with E-state index < -0.39 is 11.8 Å². The number of imide groups is 1. The highest BCUT2D eigenvalue weighted by Gasteiger charge is 2.30. The van der Waals surface area contributed by atoms with E-state index >= 15 is 0 Å². The van der Waals surface area contributed by atoms with Crippen LogP contribution in [0.5, 0.6) is 0 Å². The van der Waals surface area contributed by atoms with E-state index in [9.17, 15) is 19.2 Å². The van der Waals surface area contributed by atoms with Crippen molar-refractivity contribution in [2.75, 3.05) is 16.5 Å². The Bertz CT molecular complexity index is 774. The van der Waals surface area contributed by atoms with Gasteiger partial charge in [0.1, 0.15) is 0 Å². The van der Waals surface area contributed by atoms with E-state index in [0.717, 1.165) is 28.5 Å². The Kier molecular flexibility index (Phi) is 8.28. The second-order valence-electron chi connectivity index (χ2n) is 5.64. The maximum absolute atomic E-state index is 12.9. The Morgan fingerprint density at radius 2 is 1.04 bits per heavy atom. The van der Waals surface area contributed by atoms with Gasteiger partial charge in [-0.05, 0) is 24.3 Å². The lowest BCUT2D eigenvalue weighted by Crippen LogP contribution is -2.49. The van der Waals surface area contributed by atoms with Gasteiger partial charge in [-0.1, -0.05) is 59.9 Å². The van der Waals surface area contributed by atoms with Crippen LogP contribution < -0.4 is 5.01 Å². The Morgan fingerprint density at radius 3 is 1.36 bits per heavy atom. The van der Waals surface area contributed by atoms with Crippen molar-refractivity contribution in [1.29, 1.82) is 0 Å². The van der Waals surface area contributed by atoms with E-state index in [1.807, 2.05) is 12.1 Å². The van der Waals surface area contributed by atoms with Crippen LogP contribution in [0.4, 0.5) is 11.4 Å². The molecule has 28 heavy (non-hydrogen) atoms. The van der Waals surface area contributed by atoms with Gasteiger partial charge in [0.15, 0.2) is 10.2 Å². The Morgan fingerprint density at radius 1 is 0.679 bits per heavy atom. The van der Waals surface area contributed by atoms with Gasteiger partial charge in [0.05, 0.1) is 22.9 Å². The molecule has 0 heterocycles. The number of benzene rings is 2. The van der Waals surface area contributed by atoms with Gasteiger partial charge in [0.2, 0.25) is 0 Å². The summed E-state index contributed by atoms with van der Waals surface area (Å²) in [5.41, 5.74) is 1.21. The fourth-order valence-electron chi connectivity index (χ4n) is 2.33. The number of anilines is 2. The number of hydrazine groups is 1. The molecule has 0 bridgehead atoms. The molecular weight excluding hydrogens is 396 g/mol. The number of rotatable bonds is 7. The van der Waals surface area contributed by atoms with Gasteiger partial charge in [-0.3, -0.25) is 19.2 Å². The first-order chi connectivity index (χ1) is 13.4. The number of amides is 2. The summed E-state index contributed by atoms with van der Waals surface area (Å²) in [4.78, 5) is 48.5. The fraction of sp³-hybridized carbons (Fsp3) is 0.200. The van der Waals surface area contributed by atoms with Crippen molar-refractivity contribution in [2.45, 2.75) is 13.8 Å². The largest absolute Gasteiger partial charge is 0.288 e. The third-order valence-corrected chi connectivity index (χ3v) is 5.07. The van der Waals surface area contributed by atoms with Crippen LogP contribution in [0.15, 0.2) is 60.7 Å². The molecule has 0 aliphatic rings. The standard InChI is InChI=1S/C20H20N2O4S2/c1-15(23)27-13-19(25)22(20(26)14-28-16(2)24)21(17-9-5-3-6-10-17)18-11-7-4-8-12-18/h3-12H,13-14H2,1-2H3. The van der Waals surface area contributed by atoms with Crippen LogP contribution in [0.25, 0.3) is 0 Å². The van der Waals surface area contributed by atoms with Crippen molar-refractivity contribution in [3.63, 3.8) is 0 Å². The lowest BCUT2D eigenvalue weighted by molar-refractivity contribution is -0.141. The van der Waals surface area contributed by atoms with Crippen LogP contribution in [-0.4, -0.2) is 38.6 Å². The molecule has 2 aromatic rings. The van der Waals surface area contributed by atoms with Gasteiger partial charge in [-0.2, -0.15) is 5.01 Å². The van der Waals surface area contributed by atoms with Gasteiger partial charge < -0.3 is 0 Å². The maximum Gasteiger partial charge on any atom is 0.259 e. The number of para-hydroxylation sites is 2. The highest BCUT2D eigenvalue weighted by atomic mass is 32.2. The molecule has 0 radical (unpaired) electrons. The maximum atomic E-state index is 12.9. The Labute approximate surface area is 172 Å². The smallest absolute Gasteiger partial charge is 0.259 e. The highest BCUT2D eigenvalue weighted by molar-refractivity contribution is 8.14. The molecule has 0 aliphatic carbocycles. The fourth-order valence-corrected chi connectivity index (χ4v) is 3.23. The minimum atomic E-state index is -0.540. The molecular formula is C20H20N2O4S2. The van der Waals surface area contributed by atoms with Gasteiger partial charge in [-0.25, -0.2) is 5.01 Å². The van der Waals surface area contributed by atoms with Crippen LogP contribution in [-0.2, 0) is 19.2 Å². The molecule has 0 spiro atoms. The first-order valence-electron chi connectivity index (χ1n) is 8.42. The summed E-state index contributed by atoms with van der Waals surface area (Å²) >= 11 is 1.67. The molecule has 2 aromatic carbocycles. The van der Waals surface area contributed by atoms with Crippen LogP contribution >= 0.6 is 23.5 Å². The van der Waals surface area contributed by atoms with Gasteiger partial charge in [-0.15, -0.1) is 0 Å². The lowest BCUT2D eigenvalue weighted by Gasteiger charge is -2.34. The van der Waals surface area contributed by atoms with E-state index in [1.165, 1.54) is 18.9 Å².